The van der Waals surface area contributed by atoms with Crippen molar-refractivity contribution in [2.75, 3.05) is 13.3 Å². The van der Waals surface area contributed by atoms with Gasteiger partial charge in [0.05, 0.1) is 5.52 Å². The van der Waals surface area contributed by atoms with Gasteiger partial charge in [-0.25, -0.2) is 13.4 Å². The van der Waals surface area contributed by atoms with Crippen LogP contribution >= 0.6 is 0 Å². The highest BCUT2D eigenvalue weighted by Crippen LogP contribution is 2.35. The van der Waals surface area contributed by atoms with Crippen LogP contribution in [0.5, 0.6) is 0 Å². The van der Waals surface area contributed by atoms with Crippen LogP contribution < -0.4 is 0 Å². The Balaban J connectivity index is 2.09. The number of aromatic nitrogens is 2. The van der Waals surface area contributed by atoms with Gasteiger partial charge in [-0.15, -0.1) is 0 Å². The molecule has 1 atom stereocenters. The van der Waals surface area contributed by atoms with Crippen molar-refractivity contribution in [1.29, 1.82) is 0 Å². The molecule has 2 heterocycles. The Labute approximate surface area is 129 Å². The van der Waals surface area contributed by atoms with E-state index in [1.807, 2.05) is 6.92 Å². The van der Waals surface area contributed by atoms with Gasteiger partial charge in [0.25, 0.3) is 5.91 Å². The minimum atomic E-state index is -3.51. The summed E-state index contributed by atoms with van der Waals surface area (Å²) in [5.41, 5.74) is 0.707. The van der Waals surface area contributed by atoms with E-state index in [1.54, 1.807) is 36.3 Å². The minimum absolute atomic E-state index is 0.0982. The molecule has 118 valence electrons. The summed E-state index contributed by atoms with van der Waals surface area (Å²) in [7, 11) is -1.76. The molecular weight excluding hydrogens is 302 g/mol. The van der Waals surface area contributed by atoms with Crippen molar-refractivity contribution in [2.45, 2.75) is 31.0 Å². The molecule has 3 rings (SSSR count). The van der Waals surface area contributed by atoms with Gasteiger partial charge in [0, 0.05) is 25.5 Å². The number of fused-ring (bicyclic) bond motifs is 1. The zero-order chi connectivity index (χ0) is 16.1. The first kappa shape index (κ1) is 15.0. The van der Waals surface area contributed by atoms with Crippen molar-refractivity contribution in [3.63, 3.8) is 0 Å². The Morgan fingerprint density at radius 1 is 1.41 bits per heavy atom. The van der Waals surface area contributed by atoms with Crippen LogP contribution in [0.3, 0.4) is 0 Å². The maximum Gasteiger partial charge on any atom is 0.274 e. The van der Waals surface area contributed by atoms with Gasteiger partial charge in [0.2, 0.25) is 15.0 Å². The lowest BCUT2D eigenvalue weighted by Crippen LogP contribution is -2.36. The molecule has 0 bridgehead atoms. The predicted octanol–water partition coefficient (Wildman–Crippen LogP) is 1.61. The summed E-state index contributed by atoms with van der Waals surface area (Å²) in [6.45, 7) is 2.02. The van der Waals surface area contributed by atoms with Gasteiger partial charge in [-0.3, -0.25) is 9.20 Å². The van der Waals surface area contributed by atoms with E-state index in [-0.39, 0.29) is 22.8 Å². The highest BCUT2D eigenvalue weighted by atomic mass is 32.2. The van der Waals surface area contributed by atoms with Crippen LogP contribution in [0.25, 0.3) is 5.52 Å². The number of pyridine rings is 1. The zero-order valence-electron chi connectivity index (χ0n) is 12.9. The summed E-state index contributed by atoms with van der Waals surface area (Å²) < 4.78 is 25.2. The summed E-state index contributed by atoms with van der Waals surface area (Å²) in [6.07, 6.45) is 4.98. The first-order valence-corrected chi connectivity index (χ1v) is 9.14. The predicted molar refractivity (Wildman–Crippen MR) is 82.6 cm³/mol. The third-order valence-electron chi connectivity index (χ3n) is 4.29. The molecule has 1 aliphatic carbocycles. The maximum atomic E-state index is 12.7. The smallest absolute Gasteiger partial charge is 0.274 e. The van der Waals surface area contributed by atoms with Gasteiger partial charge >= 0.3 is 0 Å². The lowest BCUT2D eigenvalue weighted by Gasteiger charge is -2.24. The van der Waals surface area contributed by atoms with E-state index < -0.39 is 9.84 Å². The SMILES string of the molecule is C[C@H](C1CC1)N(C)C(=O)c1nc(S(C)(=O)=O)n2ccccc12. The Morgan fingerprint density at radius 2 is 2.09 bits per heavy atom. The second-order valence-corrected chi connectivity index (χ2v) is 7.87. The third kappa shape index (κ3) is 2.49. The number of hydrogen-bond donors (Lipinski definition) is 0. The van der Waals surface area contributed by atoms with Crippen molar-refractivity contribution in [1.82, 2.24) is 14.3 Å². The topological polar surface area (TPSA) is 71.8 Å². The van der Waals surface area contributed by atoms with E-state index in [4.69, 9.17) is 0 Å². The molecule has 0 aromatic carbocycles. The van der Waals surface area contributed by atoms with Crippen LogP contribution in [0.2, 0.25) is 0 Å². The molecule has 6 nitrogen and oxygen atoms in total. The van der Waals surface area contributed by atoms with Gasteiger partial charge in [-0.05, 0) is 37.8 Å². The van der Waals surface area contributed by atoms with Crippen LogP contribution in [0.15, 0.2) is 29.6 Å². The van der Waals surface area contributed by atoms with E-state index in [9.17, 15) is 13.2 Å². The fraction of sp³-hybridized carbons (Fsp3) is 0.467. The minimum Gasteiger partial charge on any atom is -0.337 e. The molecule has 0 saturated heterocycles. The number of carbonyl (C=O) groups excluding carboxylic acids is 1. The van der Waals surface area contributed by atoms with Crippen LogP contribution in [0.4, 0.5) is 0 Å². The molecule has 22 heavy (non-hydrogen) atoms. The number of amides is 1. The maximum absolute atomic E-state index is 12.7. The fourth-order valence-corrected chi connectivity index (χ4v) is 3.45. The van der Waals surface area contributed by atoms with E-state index >= 15 is 0 Å². The number of nitrogens with zero attached hydrogens (tertiary/aromatic N) is 3. The van der Waals surface area contributed by atoms with Crippen LogP contribution in [0, 0.1) is 5.92 Å². The van der Waals surface area contributed by atoms with Crippen molar-refractivity contribution in [2.24, 2.45) is 5.92 Å². The third-order valence-corrected chi connectivity index (χ3v) is 5.24. The Kier molecular flexibility index (Phi) is 3.47. The second kappa shape index (κ2) is 5.08. The van der Waals surface area contributed by atoms with Gasteiger partial charge in [0.15, 0.2) is 5.69 Å². The summed E-state index contributed by atoms with van der Waals surface area (Å²) in [6, 6.07) is 5.33. The molecule has 0 unspecified atom stereocenters. The number of imidazole rings is 1. The molecule has 0 spiro atoms. The Hall–Kier alpha value is -1.89. The number of hydrogen-bond acceptors (Lipinski definition) is 4. The quantitative estimate of drug-likeness (QED) is 0.857. The highest BCUT2D eigenvalue weighted by molar-refractivity contribution is 7.90. The fourth-order valence-electron chi connectivity index (χ4n) is 2.68. The lowest BCUT2D eigenvalue weighted by molar-refractivity contribution is 0.0723. The van der Waals surface area contributed by atoms with Crippen molar-refractivity contribution in [3.05, 3.63) is 30.1 Å². The summed E-state index contributed by atoms with van der Waals surface area (Å²) in [4.78, 5) is 18.5. The number of carbonyl (C=O) groups is 1. The summed E-state index contributed by atoms with van der Waals surface area (Å²) >= 11 is 0. The molecule has 2 aromatic rings. The highest BCUT2D eigenvalue weighted by Gasteiger charge is 2.34. The van der Waals surface area contributed by atoms with Crippen molar-refractivity contribution < 1.29 is 13.2 Å². The normalized spacial score (nSPS) is 16.7. The molecule has 7 heteroatoms. The zero-order valence-corrected chi connectivity index (χ0v) is 13.7. The summed E-state index contributed by atoms with van der Waals surface area (Å²) in [5.74, 6) is 0.301. The Bertz CT molecular complexity index is 837. The number of sulfone groups is 1. The van der Waals surface area contributed by atoms with E-state index in [0.29, 0.717) is 11.4 Å². The monoisotopic (exact) mass is 321 g/mol. The van der Waals surface area contributed by atoms with Gasteiger partial charge in [0.1, 0.15) is 0 Å². The van der Waals surface area contributed by atoms with Crippen molar-refractivity contribution in [3.8, 4) is 0 Å². The standard InChI is InChI=1S/C15H19N3O3S/c1-10(11-7-8-11)17(2)14(19)13-12-6-4-5-9-18(12)15(16-13)22(3,20)21/h4-6,9-11H,7-8H2,1-3H3/t10-/m1/s1. The van der Waals surface area contributed by atoms with Gasteiger partial charge < -0.3 is 4.90 Å². The summed E-state index contributed by atoms with van der Waals surface area (Å²) in [5, 5.41) is -0.0982. The van der Waals surface area contributed by atoms with Crippen molar-refractivity contribution >= 4 is 21.3 Å². The first-order valence-electron chi connectivity index (χ1n) is 7.25. The molecule has 0 radical (unpaired) electrons. The molecule has 1 aliphatic rings. The lowest BCUT2D eigenvalue weighted by atomic mass is 10.2. The van der Waals surface area contributed by atoms with E-state index in [1.165, 1.54) is 4.40 Å². The Morgan fingerprint density at radius 3 is 2.68 bits per heavy atom. The van der Waals surface area contributed by atoms with E-state index in [2.05, 4.69) is 4.98 Å². The molecular formula is C15H19N3O3S. The first-order chi connectivity index (χ1) is 10.3. The molecule has 1 amide bonds. The average Bonchev–Trinajstić information content (AvgIpc) is 3.24. The van der Waals surface area contributed by atoms with E-state index in [0.717, 1.165) is 19.1 Å². The second-order valence-electron chi connectivity index (χ2n) is 5.97. The van der Waals surface area contributed by atoms with Crippen LogP contribution in [-0.4, -0.2) is 48.0 Å². The molecule has 2 aromatic heterocycles. The molecule has 0 aliphatic heterocycles. The average molecular weight is 321 g/mol. The van der Waals surface area contributed by atoms with Gasteiger partial charge in [-0.1, -0.05) is 6.07 Å². The van der Waals surface area contributed by atoms with Crippen LogP contribution in [0.1, 0.15) is 30.3 Å². The molecule has 1 fully saturated rings. The molecule has 1 saturated carbocycles. The molecule has 0 N–H and O–H groups in total. The largest absolute Gasteiger partial charge is 0.337 e. The van der Waals surface area contributed by atoms with Crippen LogP contribution in [-0.2, 0) is 9.84 Å². The number of rotatable bonds is 4. The van der Waals surface area contributed by atoms with Gasteiger partial charge in [-0.2, -0.15) is 0 Å².